The zero-order valence-corrected chi connectivity index (χ0v) is 10.0. The zero-order chi connectivity index (χ0) is 12.5. The van der Waals surface area contributed by atoms with Crippen LogP contribution in [0.15, 0.2) is 24.4 Å². The lowest BCUT2D eigenvalue weighted by atomic mass is 9.89. The molecule has 0 amide bonds. The van der Waals surface area contributed by atoms with Crippen LogP contribution >= 0.6 is 0 Å². The molecule has 0 saturated heterocycles. The van der Waals surface area contributed by atoms with Crippen molar-refractivity contribution in [1.82, 2.24) is 4.98 Å². The van der Waals surface area contributed by atoms with Gasteiger partial charge in [0.05, 0.1) is 5.56 Å². The molecule has 0 spiro atoms. The van der Waals surface area contributed by atoms with E-state index in [0.717, 1.165) is 36.5 Å². The van der Waals surface area contributed by atoms with Crippen LogP contribution in [0.3, 0.4) is 0 Å². The summed E-state index contributed by atoms with van der Waals surface area (Å²) in [4.78, 5) is 14.2. The van der Waals surface area contributed by atoms with E-state index < -0.39 is 0 Å². The number of aromatic nitrogens is 1. The fourth-order valence-corrected chi connectivity index (χ4v) is 3.03. The van der Waals surface area contributed by atoms with E-state index in [1.165, 1.54) is 5.56 Å². The first-order chi connectivity index (χ1) is 8.83. The van der Waals surface area contributed by atoms with Crippen molar-refractivity contribution in [3.05, 3.63) is 35.5 Å². The Balaban J connectivity index is 2.07. The average molecular weight is 238 g/mol. The Bertz CT molecular complexity index is 635. The number of nitrogens with one attached hydrogen (secondary N) is 1. The smallest absolute Gasteiger partial charge is 0.123 e. The second kappa shape index (κ2) is 4.30. The van der Waals surface area contributed by atoms with Crippen LogP contribution in [-0.4, -0.2) is 11.3 Å². The van der Waals surface area contributed by atoms with Gasteiger partial charge in [-0.2, -0.15) is 5.26 Å². The number of hydrogen-bond acceptors (Lipinski definition) is 2. The zero-order valence-electron chi connectivity index (χ0n) is 10.0. The van der Waals surface area contributed by atoms with E-state index in [0.29, 0.717) is 11.5 Å². The Morgan fingerprint density at radius 2 is 2.28 bits per heavy atom. The van der Waals surface area contributed by atoms with Gasteiger partial charge in [0.25, 0.3) is 0 Å². The summed E-state index contributed by atoms with van der Waals surface area (Å²) in [5, 5.41) is 10.0. The molecule has 18 heavy (non-hydrogen) atoms. The summed E-state index contributed by atoms with van der Waals surface area (Å²) in [7, 11) is 0. The summed E-state index contributed by atoms with van der Waals surface area (Å²) in [6.45, 7) is 0. The number of nitriles is 1. The van der Waals surface area contributed by atoms with Crippen LogP contribution in [0.25, 0.3) is 10.9 Å². The largest absolute Gasteiger partial charge is 0.360 e. The number of nitrogens with zero attached hydrogens (tertiary/aromatic N) is 1. The first-order valence-corrected chi connectivity index (χ1v) is 6.30. The third-order valence-corrected chi connectivity index (χ3v) is 4.00. The van der Waals surface area contributed by atoms with Gasteiger partial charge in [-0.1, -0.05) is 12.5 Å². The summed E-state index contributed by atoms with van der Waals surface area (Å²) in [6, 6.07) is 8.34. The molecule has 0 aliphatic heterocycles. The molecule has 1 aromatic heterocycles. The van der Waals surface area contributed by atoms with Crippen molar-refractivity contribution in [1.29, 1.82) is 5.26 Å². The minimum absolute atomic E-state index is 0.145. The molecule has 1 aliphatic rings. The highest BCUT2D eigenvalue weighted by molar-refractivity contribution is 5.86. The monoisotopic (exact) mass is 238 g/mol. The summed E-state index contributed by atoms with van der Waals surface area (Å²) in [5.74, 6) is 0.472. The molecule has 1 N–H and O–H groups in total. The van der Waals surface area contributed by atoms with Crippen LogP contribution in [0.2, 0.25) is 0 Å². The fraction of sp³-hybridized carbons (Fsp3) is 0.333. The second-order valence-electron chi connectivity index (χ2n) is 4.96. The number of fused-ring (bicyclic) bond motifs is 1. The number of carbonyl (C=O) groups is 1. The number of H-pyrrole nitrogens is 1. The first-order valence-electron chi connectivity index (χ1n) is 6.30. The number of aldehydes is 1. The molecule has 3 rings (SSSR count). The topological polar surface area (TPSA) is 56.6 Å². The number of hydrogen-bond donors (Lipinski definition) is 1. The Morgan fingerprint density at radius 3 is 3.06 bits per heavy atom. The Labute approximate surface area is 105 Å². The van der Waals surface area contributed by atoms with Crippen LogP contribution in [0.4, 0.5) is 0 Å². The molecular weight excluding hydrogens is 224 g/mol. The molecule has 1 fully saturated rings. The quantitative estimate of drug-likeness (QED) is 0.817. The Hall–Kier alpha value is -2.08. The van der Waals surface area contributed by atoms with Gasteiger partial charge in [0, 0.05) is 23.0 Å². The SMILES string of the molecule is N#Cc1c[nH]c2ccc([C@@H]3CCC[C@@H]3C=O)cc12. The summed E-state index contributed by atoms with van der Waals surface area (Å²) in [5.41, 5.74) is 2.84. The van der Waals surface area contributed by atoms with Gasteiger partial charge >= 0.3 is 0 Å². The minimum Gasteiger partial charge on any atom is -0.360 e. The summed E-state index contributed by atoms with van der Waals surface area (Å²) in [6.07, 6.45) is 6.00. The predicted octanol–water partition coefficient (Wildman–Crippen LogP) is 3.12. The van der Waals surface area contributed by atoms with Crippen molar-refractivity contribution < 1.29 is 4.79 Å². The van der Waals surface area contributed by atoms with Crippen molar-refractivity contribution in [2.75, 3.05) is 0 Å². The molecule has 90 valence electrons. The van der Waals surface area contributed by atoms with Gasteiger partial charge < -0.3 is 9.78 Å². The standard InChI is InChI=1S/C15H14N2O/c16-7-12-8-17-15-5-4-10(6-14(12)15)13-3-1-2-11(13)9-18/h4-6,8-9,11,13,17H,1-3H2/t11-,13+/m1/s1. The predicted molar refractivity (Wildman–Crippen MR) is 69.2 cm³/mol. The van der Waals surface area contributed by atoms with Crippen LogP contribution < -0.4 is 0 Å². The lowest BCUT2D eigenvalue weighted by molar-refractivity contribution is -0.111. The van der Waals surface area contributed by atoms with Gasteiger partial charge in [-0.05, 0) is 36.5 Å². The van der Waals surface area contributed by atoms with E-state index in [-0.39, 0.29) is 5.92 Å². The average Bonchev–Trinajstić information content (AvgIpc) is 3.03. The molecule has 2 aromatic rings. The molecule has 0 radical (unpaired) electrons. The van der Waals surface area contributed by atoms with Crippen molar-refractivity contribution in [3.63, 3.8) is 0 Å². The Kier molecular flexibility index (Phi) is 2.64. The maximum Gasteiger partial charge on any atom is 0.123 e. The van der Waals surface area contributed by atoms with Crippen LogP contribution in [-0.2, 0) is 4.79 Å². The van der Waals surface area contributed by atoms with E-state index in [1.54, 1.807) is 6.20 Å². The van der Waals surface area contributed by atoms with Gasteiger partial charge in [-0.25, -0.2) is 0 Å². The van der Waals surface area contributed by atoms with E-state index >= 15 is 0 Å². The third kappa shape index (κ3) is 1.62. The van der Waals surface area contributed by atoms with Gasteiger partial charge in [0.2, 0.25) is 0 Å². The molecule has 2 atom stereocenters. The summed E-state index contributed by atoms with van der Waals surface area (Å²) < 4.78 is 0. The number of aromatic amines is 1. The van der Waals surface area contributed by atoms with Crippen LogP contribution in [0, 0.1) is 17.2 Å². The van der Waals surface area contributed by atoms with E-state index in [4.69, 9.17) is 5.26 Å². The lowest BCUT2D eigenvalue weighted by Crippen LogP contribution is -2.07. The normalized spacial score (nSPS) is 23.1. The molecule has 1 heterocycles. The van der Waals surface area contributed by atoms with Crippen LogP contribution in [0.5, 0.6) is 0 Å². The number of carbonyl (C=O) groups excluding carboxylic acids is 1. The summed E-state index contributed by atoms with van der Waals surface area (Å²) >= 11 is 0. The molecule has 3 nitrogen and oxygen atoms in total. The molecular formula is C15H14N2O. The van der Waals surface area contributed by atoms with Gasteiger partial charge in [0.1, 0.15) is 12.4 Å². The molecule has 0 bridgehead atoms. The van der Waals surface area contributed by atoms with E-state index in [2.05, 4.69) is 23.2 Å². The molecule has 1 aromatic carbocycles. The third-order valence-electron chi connectivity index (χ3n) is 4.00. The molecule has 3 heteroatoms. The van der Waals surface area contributed by atoms with Gasteiger partial charge in [0.15, 0.2) is 0 Å². The van der Waals surface area contributed by atoms with Crippen molar-refractivity contribution in [2.45, 2.75) is 25.2 Å². The maximum atomic E-state index is 11.1. The van der Waals surface area contributed by atoms with Crippen molar-refractivity contribution in [3.8, 4) is 6.07 Å². The molecule has 1 aliphatic carbocycles. The highest BCUT2D eigenvalue weighted by atomic mass is 16.1. The Morgan fingerprint density at radius 1 is 1.39 bits per heavy atom. The first kappa shape index (κ1) is 11.0. The molecule has 0 unspecified atom stereocenters. The highest BCUT2D eigenvalue weighted by Crippen LogP contribution is 2.39. The second-order valence-corrected chi connectivity index (χ2v) is 4.96. The van der Waals surface area contributed by atoms with Crippen molar-refractivity contribution >= 4 is 17.2 Å². The fourth-order valence-electron chi connectivity index (χ4n) is 3.03. The number of rotatable bonds is 2. The van der Waals surface area contributed by atoms with Crippen LogP contribution in [0.1, 0.15) is 36.3 Å². The molecule has 1 saturated carbocycles. The van der Waals surface area contributed by atoms with Gasteiger partial charge in [-0.3, -0.25) is 0 Å². The van der Waals surface area contributed by atoms with Gasteiger partial charge in [-0.15, -0.1) is 0 Å². The maximum absolute atomic E-state index is 11.1. The van der Waals surface area contributed by atoms with Crippen molar-refractivity contribution in [2.24, 2.45) is 5.92 Å². The van der Waals surface area contributed by atoms with E-state index in [1.807, 2.05) is 6.07 Å². The van der Waals surface area contributed by atoms with E-state index in [9.17, 15) is 4.79 Å². The minimum atomic E-state index is 0.145. The number of benzene rings is 1. The highest BCUT2D eigenvalue weighted by Gasteiger charge is 2.28. The lowest BCUT2D eigenvalue weighted by Gasteiger charge is -2.14.